The third-order valence-electron chi connectivity index (χ3n) is 3.89. The van der Waals surface area contributed by atoms with Crippen LogP contribution in [0.5, 0.6) is 5.75 Å². The zero-order valence-corrected chi connectivity index (χ0v) is 15.5. The molecule has 1 aliphatic heterocycles. The van der Waals surface area contributed by atoms with Crippen LogP contribution in [0.3, 0.4) is 0 Å². The maximum atomic E-state index is 12.4. The van der Waals surface area contributed by atoms with Crippen molar-refractivity contribution in [1.29, 1.82) is 0 Å². The summed E-state index contributed by atoms with van der Waals surface area (Å²) in [5.41, 5.74) is 1.62. The zero-order chi connectivity index (χ0) is 16.1. The second kappa shape index (κ2) is 9.06. The maximum absolute atomic E-state index is 12.4. The fourth-order valence-electron chi connectivity index (χ4n) is 2.38. The number of halogens is 2. The van der Waals surface area contributed by atoms with Gasteiger partial charge in [-0.15, -0.1) is 12.4 Å². The number of nitrogens with one attached hydrogen (secondary N) is 2. The molecule has 2 aromatic rings. The quantitative estimate of drug-likeness (QED) is 0.766. The summed E-state index contributed by atoms with van der Waals surface area (Å²) in [6.45, 7) is 3.06. The van der Waals surface area contributed by atoms with Gasteiger partial charge in [0, 0.05) is 35.6 Å². The molecule has 1 aliphatic rings. The number of benzene rings is 2. The van der Waals surface area contributed by atoms with E-state index in [9.17, 15) is 4.79 Å². The fraction of sp³-hybridized carbons (Fsp3) is 0.278. The van der Waals surface area contributed by atoms with Gasteiger partial charge in [-0.2, -0.15) is 0 Å². The number of rotatable bonds is 6. The van der Waals surface area contributed by atoms with Gasteiger partial charge in [0.15, 0.2) is 0 Å². The molecule has 1 amide bonds. The summed E-state index contributed by atoms with van der Waals surface area (Å²) in [4.78, 5) is 12.4. The predicted molar refractivity (Wildman–Crippen MR) is 101 cm³/mol. The van der Waals surface area contributed by atoms with Crippen LogP contribution in [0.25, 0.3) is 0 Å². The normalized spacial score (nSPS) is 13.5. The number of ether oxygens (including phenoxy) is 1. The van der Waals surface area contributed by atoms with Gasteiger partial charge in [-0.05, 0) is 18.2 Å². The smallest absolute Gasteiger partial charge is 0.255 e. The molecule has 128 valence electrons. The molecule has 0 unspecified atom stereocenters. The third-order valence-corrected chi connectivity index (χ3v) is 4.66. The van der Waals surface area contributed by atoms with Crippen LogP contribution >= 0.6 is 28.3 Å². The highest BCUT2D eigenvalue weighted by Gasteiger charge is 2.19. The third kappa shape index (κ3) is 4.72. The van der Waals surface area contributed by atoms with Crippen molar-refractivity contribution >= 4 is 34.2 Å². The Hall–Kier alpha value is -1.56. The molecule has 1 fully saturated rings. The molecule has 3 rings (SSSR count). The Morgan fingerprint density at radius 3 is 2.58 bits per heavy atom. The maximum Gasteiger partial charge on any atom is 0.255 e. The highest BCUT2D eigenvalue weighted by Crippen LogP contribution is 2.22. The molecule has 0 radical (unpaired) electrons. The highest BCUT2D eigenvalue weighted by atomic mass is 79.9. The van der Waals surface area contributed by atoms with Crippen LogP contribution in [0.1, 0.15) is 15.9 Å². The number of amides is 1. The molecule has 0 aromatic heterocycles. The molecule has 0 atom stereocenters. The molecule has 1 heterocycles. The first kappa shape index (κ1) is 18.8. The average molecular weight is 412 g/mol. The van der Waals surface area contributed by atoms with Crippen molar-refractivity contribution in [2.75, 3.05) is 19.6 Å². The van der Waals surface area contributed by atoms with Gasteiger partial charge in [0.25, 0.3) is 5.91 Å². The van der Waals surface area contributed by atoms with Crippen molar-refractivity contribution in [3.05, 3.63) is 64.1 Å². The van der Waals surface area contributed by atoms with Gasteiger partial charge >= 0.3 is 0 Å². The summed E-state index contributed by atoms with van der Waals surface area (Å²) in [6, 6.07) is 15.3. The zero-order valence-electron chi connectivity index (χ0n) is 13.1. The van der Waals surface area contributed by atoms with Crippen molar-refractivity contribution in [3.63, 3.8) is 0 Å². The summed E-state index contributed by atoms with van der Waals surface area (Å²) >= 11 is 3.51. The number of carbonyl (C=O) groups excluding carboxylic acids is 1. The Morgan fingerprint density at radius 1 is 1.17 bits per heavy atom. The second-order valence-electron chi connectivity index (χ2n) is 5.61. The van der Waals surface area contributed by atoms with Crippen molar-refractivity contribution in [2.45, 2.75) is 6.61 Å². The standard InChI is InChI=1S/C18H19BrN2O2.ClH/c19-16-7-3-1-5-14(16)12-23-17-8-4-2-6-15(17)18(22)21-11-13-9-20-10-13;/h1-8,13,20H,9-12H2,(H,21,22);1H. The highest BCUT2D eigenvalue weighted by molar-refractivity contribution is 9.10. The topological polar surface area (TPSA) is 50.4 Å². The molecule has 2 N–H and O–H groups in total. The second-order valence-corrected chi connectivity index (χ2v) is 6.46. The first-order chi connectivity index (χ1) is 11.2. The Bertz CT molecular complexity index is 692. The number of para-hydroxylation sites is 1. The van der Waals surface area contributed by atoms with E-state index in [0.29, 0.717) is 30.4 Å². The predicted octanol–water partition coefficient (Wildman–Crippen LogP) is 3.40. The molecule has 4 nitrogen and oxygen atoms in total. The summed E-state index contributed by atoms with van der Waals surface area (Å²) < 4.78 is 6.87. The summed E-state index contributed by atoms with van der Waals surface area (Å²) in [5, 5.41) is 6.18. The van der Waals surface area contributed by atoms with Gasteiger partial charge in [-0.25, -0.2) is 0 Å². The van der Waals surface area contributed by atoms with Crippen molar-refractivity contribution < 1.29 is 9.53 Å². The molecule has 0 bridgehead atoms. The van der Waals surface area contributed by atoms with E-state index in [4.69, 9.17) is 4.74 Å². The number of carbonyl (C=O) groups is 1. The van der Waals surface area contributed by atoms with E-state index < -0.39 is 0 Å². The molecule has 0 spiro atoms. The summed E-state index contributed by atoms with van der Waals surface area (Å²) in [5.74, 6) is 1.06. The SMILES string of the molecule is Cl.O=C(NCC1CNC1)c1ccccc1OCc1ccccc1Br. The molecule has 0 saturated carbocycles. The van der Waals surface area contributed by atoms with Crippen molar-refractivity contribution in [3.8, 4) is 5.75 Å². The molecular formula is C18H20BrClN2O2. The van der Waals surface area contributed by atoms with Crippen LogP contribution in [0.4, 0.5) is 0 Å². The van der Waals surface area contributed by atoms with E-state index in [2.05, 4.69) is 26.6 Å². The van der Waals surface area contributed by atoms with Crippen LogP contribution < -0.4 is 15.4 Å². The Labute approximate surface area is 156 Å². The van der Waals surface area contributed by atoms with E-state index in [0.717, 1.165) is 23.1 Å². The first-order valence-electron chi connectivity index (χ1n) is 7.68. The minimum absolute atomic E-state index is 0. The van der Waals surface area contributed by atoms with Gasteiger partial charge in [-0.1, -0.05) is 46.3 Å². The lowest BCUT2D eigenvalue weighted by Crippen LogP contribution is -2.48. The van der Waals surface area contributed by atoms with E-state index in [-0.39, 0.29) is 18.3 Å². The molecule has 24 heavy (non-hydrogen) atoms. The first-order valence-corrected chi connectivity index (χ1v) is 8.47. The summed E-state index contributed by atoms with van der Waals surface area (Å²) in [7, 11) is 0. The fourth-order valence-corrected chi connectivity index (χ4v) is 2.78. The van der Waals surface area contributed by atoms with E-state index in [1.165, 1.54) is 0 Å². The van der Waals surface area contributed by atoms with Gasteiger partial charge < -0.3 is 15.4 Å². The van der Waals surface area contributed by atoms with Crippen LogP contribution in [-0.4, -0.2) is 25.5 Å². The lowest BCUT2D eigenvalue weighted by molar-refractivity contribution is 0.0937. The summed E-state index contributed by atoms with van der Waals surface area (Å²) in [6.07, 6.45) is 0. The van der Waals surface area contributed by atoms with Crippen molar-refractivity contribution in [1.82, 2.24) is 10.6 Å². The Kier molecular flexibility index (Phi) is 7.09. The molecule has 6 heteroatoms. The van der Waals surface area contributed by atoms with E-state index in [1.54, 1.807) is 6.07 Å². The van der Waals surface area contributed by atoms with Crippen molar-refractivity contribution in [2.24, 2.45) is 5.92 Å². The van der Waals surface area contributed by atoms with Crippen LogP contribution in [-0.2, 0) is 6.61 Å². The van der Waals surface area contributed by atoms with Gasteiger partial charge in [-0.3, -0.25) is 4.79 Å². The van der Waals surface area contributed by atoms with Gasteiger partial charge in [0.1, 0.15) is 12.4 Å². The average Bonchev–Trinajstić information content (AvgIpc) is 2.53. The monoisotopic (exact) mass is 410 g/mol. The largest absolute Gasteiger partial charge is 0.488 e. The lowest BCUT2D eigenvalue weighted by atomic mass is 10.0. The van der Waals surface area contributed by atoms with E-state index >= 15 is 0 Å². The number of hydrogen-bond acceptors (Lipinski definition) is 3. The lowest BCUT2D eigenvalue weighted by Gasteiger charge is -2.27. The Morgan fingerprint density at radius 2 is 1.88 bits per heavy atom. The van der Waals surface area contributed by atoms with Crippen LogP contribution in [0.2, 0.25) is 0 Å². The number of hydrogen-bond donors (Lipinski definition) is 2. The molecule has 1 saturated heterocycles. The van der Waals surface area contributed by atoms with Crippen LogP contribution in [0.15, 0.2) is 53.0 Å². The van der Waals surface area contributed by atoms with Gasteiger partial charge in [0.2, 0.25) is 0 Å². The minimum Gasteiger partial charge on any atom is -0.488 e. The Balaban J connectivity index is 0.00000208. The minimum atomic E-state index is -0.0837. The van der Waals surface area contributed by atoms with Gasteiger partial charge in [0.05, 0.1) is 5.56 Å². The molecule has 2 aromatic carbocycles. The van der Waals surface area contributed by atoms with E-state index in [1.807, 2.05) is 42.5 Å². The molecule has 0 aliphatic carbocycles. The van der Waals surface area contributed by atoms with Crippen LogP contribution in [0, 0.1) is 5.92 Å². The molecular weight excluding hydrogens is 392 g/mol.